The fraction of sp³-hybridized carbons (Fsp3) is 0.357. The lowest BCUT2D eigenvalue weighted by Gasteiger charge is -2.29. The van der Waals surface area contributed by atoms with E-state index in [9.17, 15) is 0 Å². The highest BCUT2D eigenvalue weighted by molar-refractivity contribution is 5.35. The molecule has 1 aliphatic rings. The Morgan fingerprint density at radius 1 is 1.39 bits per heavy atom. The fourth-order valence-electron chi connectivity index (χ4n) is 2.53. The Morgan fingerprint density at radius 3 is 3.00 bits per heavy atom. The van der Waals surface area contributed by atoms with Crippen LogP contribution in [0, 0.1) is 5.92 Å². The highest BCUT2D eigenvalue weighted by Gasteiger charge is 2.27. The number of hydrogen-bond acceptors (Lipinski definition) is 3. The van der Waals surface area contributed by atoms with Gasteiger partial charge in [-0.15, -0.1) is 0 Å². The average Bonchev–Trinajstić information content (AvgIpc) is 2.83. The van der Waals surface area contributed by atoms with Crippen LogP contribution >= 0.6 is 0 Å². The summed E-state index contributed by atoms with van der Waals surface area (Å²) < 4.78 is 7.62. The highest BCUT2D eigenvalue weighted by atomic mass is 16.5. The minimum absolute atomic E-state index is 0.0362. The molecule has 1 aliphatic heterocycles. The molecule has 4 heteroatoms. The van der Waals surface area contributed by atoms with Crippen LogP contribution in [0.1, 0.15) is 17.3 Å². The van der Waals surface area contributed by atoms with Crippen molar-refractivity contribution in [1.29, 1.82) is 0 Å². The molecule has 2 aromatic rings. The Balaban J connectivity index is 1.82. The van der Waals surface area contributed by atoms with E-state index in [1.165, 1.54) is 5.56 Å². The molecule has 0 saturated heterocycles. The van der Waals surface area contributed by atoms with Gasteiger partial charge in [-0.1, -0.05) is 18.2 Å². The smallest absolute Gasteiger partial charge is 0.122 e. The summed E-state index contributed by atoms with van der Waals surface area (Å²) in [7, 11) is 1.92. The van der Waals surface area contributed by atoms with Crippen LogP contribution in [0.2, 0.25) is 0 Å². The molecular weight excluding hydrogens is 226 g/mol. The van der Waals surface area contributed by atoms with Crippen LogP contribution in [0.25, 0.3) is 0 Å². The quantitative estimate of drug-likeness (QED) is 0.873. The zero-order valence-corrected chi connectivity index (χ0v) is 10.4. The predicted molar refractivity (Wildman–Crippen MR) is 69.3 cm³/mol. The first-order chi connectivity index (χ1) is 8.75. The number of nitrogens with zero attached hydrogens (tertiary/aromatic N) is 2. The zero-order chi connectivity index (χ0) is 12.5. The summed E-state index contributed by atoms with van der Waals surface area (Å²) in [6.07, 6.45) is 2.75. The summed E-state index contributed by atoms with van der Waals surface area (Å²) in [6.45, 7) is 0.670. The van der Waals surface area contributed by atoms with E-state index in [0.717, 1.165) is 17.9 Å². The molecule has 0 spiro atoms. The molecule has 4 nitrogen and oxygen atoms in total. The van der Waals surface area contributed by atoms with Crippen LogP contribution in [0.4, 0.5) is 0 Å². The van der Waals surface area contributed by atoms with Gasteiger partial charge in [0.15, 0.2) is 0 Å². The van der Waals surface area contributed by atoms with Gasteiger partial charge in [-0.2, -0.15) is 5.10 Å². The van der Waals surface area contributed by atoms with Crippen LogP contribution in [0.15, 0.2) is 36.5 Å². The second kappa shape index (κ2) is 4.46. The topological polar surface area (TPSA) is 53.1 Å². The van der Waals surface area contributed by atoms with Gasteiger partial charge in [0, 0.05) is 19.2 Å². The van der Waals surface area contributed by atoms with Crippen molar-refractivity contribution in [3.05, 3.63) is 47.8 Å². The van der Waals surface area contributed by atoms with Gasteiger partial charge in [-0.05, 0) is 24.1 Å². The van der Waals surface area contributed by atoms with Crippen molar-refractivity contribution in [2.75, 3.05) is 6.61 Å². The molecule has 0 bridgehead atoms. The number of nitrogens with two attached hydrogens (primary N) is 1. The van der Waals surface area contributed by atoms with Crippen LogP contribution in [0.3, 0.4) is 0 Å². The Labute approximate surface area is 106 Å². The number of hydrogen-bond donors (Lipinski definition) is 1. The summed E-state index contributed by atoms with van der Waals surface area (Å²) in [6, 6.07) is 10.1. The second-order valence-corrected chi connectivity index (χ2v) is 4.79. The molecule has 2 N–H and O–H groups in total. The monoisotopic (exact) mass is 243 g/mol. The Hall–Kier alpha value is -1.81. The summed E-state index contributed by atoms with van der Waals surface area (Å²) in [5.74, 6) is 1.29. The zero-order valence-electron chi connectivity index (χ0n) is 10.4. The second-order valence-electron chi connectivity index (χ2n) is 4.79. The van der Waals surface area contributed by atoms with Crippen molar-refractivity contribution in [1.82, 2.24) is 9.78 Å². The van der Waals surface area contributed by atoms with Crippen molar-refractivity contribution in [2.24, 2.45) is 18.7 Å². The molecule has 2 atom stereocenters. The van der Waals surface area contributed by atoms with Crippen molar-refractivity contribution >= 4 is 0 Å². The summed E-state index contributed by atoms with van der Waals surface area (Å²) in [4.78, 5) is 0. The molecule has 0 amide bonds. The van der Waals surface area contributed by atoms with Gasteiger partial charge in [-0.25, -0.2) is 0 Å². The SMILES string of the molecule is Cn1nccc1C(N)C1COc2ccccc2C1. The first-order valence-electron chi connectivity index (χ1n) is 6.20. The lowest BCUT2D eigenvalue weighted by molar-refractivity contribution is 0.197. The van der Waals surface area contributed by atoms with Crippen LogP contribution in [-0.4, -0.2) is 16.4 Å². The lowest BCUT2D eigenvalue weighted by atomic mass is 9.89. The van der Waals surface area contributed by atoms with Crippen molar-refractivity contribution in [3.8, 4) is 5.75 Å². The third kappa shape index (κ3) is 1.88. The lowest BCUT2D eigenvalue weighted by Crippen LogP contribution is -2.32. The van der Waals surface area contributed by atoms with Gasteiger partial charge in [0.05, 0.1) is 18.3 Å². The first-order valence-corrected chi connectivity index (χ1v) is 6.20. The molecule has 0 saturated carbocycles. The number of ether oxygens (including phenoxy) is 1. The molecule has 1 aromatic heterocycles. The van der Waals surface area contributed by atoms with Crippen molar-refractivity contribution in [2.45, 2.75) is 12.5 Å². The van der Waals surface area contributed by atoms with Gasteiger partial charge >= 0.3 is 0 Å². The summed E-state index contributed by atoms with van der Waals surface area (Å²) in [5.41, 5.74) is 8.63. The average molecular weight is 243 g/mol. The van der Waals surface area contributed by atoms with E-state index in [0.29, 0.717) is 12.5 Å². The molecule has 94 valence electrons. The molecule has 2 unspecified atom stereocenters. The van der Waals surface area contributed by atoms with E-state index in [-0.39, 0.29) is 6.04 Å². The highest BCUT2D eigenvalue weighted by Crippen LogP contribution is 2.32. The third-order valence-corrected chi connectivity index (χ3v) is 3.62. The van der Waals surface area contributed by atoms with Crippen LogP contribution in [-0.2, 0) is 13.5 Å². The molecule has 0 radical (unpaired) electrons. The van der Waals surface area contributed by atoms with Crippen LogP contribution < -0.4 is 10.5 Å². The van der Waals surface area contributed by atoms with Crippen molar-refractivity contribution in [3.63, 3.8) is 0 Å². The number of rotatable bonds is 2. The number of aryl methyl sites for hydroxylation is 1. The summed E-state index contributed by atoms with van der Waals surface area (Å²) in [5, 5.41) is 4.17. The molecule has 2 heterocycles. The van der Waals surface area contributed by atoms with E-state index in [2.05, 4.69) is 11.2 Å². The van der Waals surface area contributed by atoms with Gasteiger partial charge in [-0.3, -0.25) is 4.68 Å². The van der Waals surface area contributed by atoms with Gasteiger partial charge in [0.2, 0.25) is 0 Å². The predicted octanol–water partition coefficient (Wildman–Crippen LogP) is 1.67. The number of fused-ring (bicyclic) bond motifs is 1. The molecule has 1 aromatic carbocycles. The first kappa shape index (κ1) is 11.3. The van der Waals surface area contributed by atoms with E-state index in [1.54, 1.807) is 6.20 Å². The molecule has 0 aliphatic carbocycles. The van der Waals surface area contributed by atoms with E-state index < -0.39 is 0 Å². The Bertz CT molecular complexity index is 549. The normalized spacial score (nSPS) is 20.0. The van der Waals surface area contributed by atoms with Gasteiger partial charge in [0.25, 0.3) is 0 Å². The number of para-hydroxylation sites is 1. The fourth-order valence-corrected chi connectivity index (χ4v) is 2.53. The third-order valence-electron chi connectivity index (χ3n) is 3.62. The maximum Gasteiger partial charge on any atom is 0.122 e. The van der Waals surface area contributed by atoms with Gasteiger partial charge < -0.3 is 10.5 Å². The van der Waals surface area contributed by atoms with E-state index in [4.69, 9.17) is 10.5 Å². The molecular formula is C14H17N3O. The molecule has 3 rings (SSSR count). The standard InChI is InChI=1S/C14H17N3O/c1-17-12(6-7-16-17)14(15)11-8-10-4-2-3-5-13(10)18-9-11/h2-7,11,14H,8-9,15H2,1H3. The van der Waals surface area contributed by atoms with E-state index in [1.807, 2.05) is 36.0 Å². The minimum Gasteiger partial charge on any atom is -0.493 e. The maximum absolute atomic E-state index is 6.33. The Kier molecular flexibility index (Phi) is 2.80. The summed E-state index contributed by atoms with van der Waals surface area (Å²) >= 11 is 0. The molecule has 0 fully saturated rings. The number of aromatic nitrogens is 2. The molecule has 18 heavy (non-hydrogen) atoms. The Morgan fingerprint density at radius 2 is 2.22 bits per heavy atom. The number of benzene rings is 1. The minimum atomic E-state index is -0.0362. The maximum atomic E-state index is 6.33. The largest absolute Gasteiger partial charge is 0.493 e. The van der Waals surface area contributed by atoms with E-state index >= 15 is 0 Å². The van der Waals surface area contributed by atoms with Crippen LogP contribution in [0.5, 0.6) is 5.75 Å². The van der Waals surface area contributed by atoms with Crippen molar-refractivity contribution < 1.29 is 4.74 Å². The van der Waals surface area contributed by atoms with Gasteiger partial charge in [0.1, 0.15) is 5.75 Å².